The molecule has 1 aromatic heterocycles. The lowest BCUT2D eigenvalue weighted by atomic mass is 9.96. The molecule has 1 aliphatic carbocycles. The molecule has 0 radical (unpaired) electrons. The van der Waals surface area contributed by atoms with Gasteiger partial charge in [0, 0.05) is 11.6 Å². The maximum atomic E-state index is 13.1. The molecule has 1 saturated carbocycles. The summed E-state index contributed by atoms with van der Waals surface area (Å²) in [6.45, 7) is 0. The third-order valence-electron chi connectivity index (χ3n) is 4.96. The van der Waals surface area contributed by atoms with E-state index in [1.54, 1.807) is 6.07 Å². The molecule has 3 aromatic rings. The molecule has 138 valence electrons. The lowest BCUT2D eigenvalue weighted by molar-refractivity contribution is 0.414. The Balaban J connectivity index is 1.72. The van der Waals surface area contributed by atoms with Crippen molar-refractivity contribution in [2.45, 2.75) is 38.1 Å². The number of para-hydroxylation sites is 1. The smallest absolute Gasteiger partial charge is 0.280 e. The summed E-state index contributed by atoms with van der Waals surface area (Å²) in [5.41, 5.74) is 4.45. The van der Waals surface area contributed by atoms with Crippen molar-refractivity contribution < 1.29 is 0 Å². The van der Waals surface area contributed by atoms with E-state index < -0.39 is 0 Å². The maximum absolute atomic E-state index is 13.1. The number of benzene rings is 2. The van der Waals surface area contributed by atoms with E-state index in [0.717, 1.165) is 18.4 Å². The zero-order valence-electron chi connectivity index (χ0n) is 15.0. The summed E-state index contributed by atoms with van der Waals surface area (Å²) >= 11 is 5.50. The van der Waals surface area contributed by atoms with Crippen LogP contribution in [-0.4, -0.2) is 20.8 Å². The Hall–Kier alpha value is -2.73. The molecule has 0 amide bonds. The third kappa shape index (κ3) is 3.85. The Morgan fingerprint density at radius 3 is 2.48 bits per heavy atom. The van der Waals surface area contributed by atoms with Gasteiger partial charge in [-0.25, -0.2) is 4.98 Å². The largest absolute Gasteiger partial charge is 0.359 e. The van der Waals surface area contributed by atoms with Crippen LogP contribution in [0.5, 0.6) is 0 Å². The normalized spacial score (nSPS) is 14.8. The Morgan fingerprint density at radius 1 is 1.00 bits per heavy atom. The SMILES string of the molecule is O=c1c2ccccc2nc(-c2ccccc2)n1NC(=S)NC1CCCCC1. The lowest BCUT2D eigenvalue weighted by Crippen LogP contribution is -2.45. The molecule has 2 N–H and O–H groups in total. The minimum atomic E-state index is -0.160. The molecule has 0 saturated heterocycles. The Kier molecular flexibility index (Phi) is 5.16. The van der Waals surface area contributed by atoms with Gasteiger partial charge < -0.3 is 5.32 Å². The van der Waals surface area contributed by atoms with Crippen molar-refractivity contribution >= 4 is 28.2 Å². The van der Waals surface area contributed by atoms with Crippen LogP contribution in [-0.2, 0) is 0 Å². The van der Waals surface area contributed by atoms with Crippen molar-refractivity contribution in [1.29, 1.82) is 0 Å². The van der Waals surface area contributed by atoms with E-state index in [0.29, 0.717) is 27.9 Å². The molecule has 4 rings (SSSR count). The second kappa shape index (κ2) is 7.88. The Labute approximate surface area is 163 Å². The molecular formula is C21H22N4OS. The highest BCUT2D eigenvalue weighted by atomic mass is 32.1. The van der Waals surface area contributed by atoms with Crippen molar-refractivity contribution in [3.63, 3.8) is 0 Å². The molecule has 0 unspecified atom stereocenters. The predicted molar refractivity (Wildman–Crippen MR) is 113 cm³/mol. The van der Waals surface area contributed by atoms with Crippen LogP contribution in [0.15, 0.2) is 59.4 Å². The number of aromatic nitrogens is 2. The molecule has 27 heavy (non-hydrogen) atoms. The zero-order chi connectivity index (χ0) is 18.6. The summed E-state index contributed by atoms with van der Waals surface area (Å²) in [5.74, 6) is 0.548. The van der Waals surface area contributed by atoms with Crippen LogP contribution in [0.2, 0.25) is 0 Å². The van der Waals surface area contributed by atoms with E-state index >= 15 is 0 Å². The van der Waals surface area contributed by atoms with Gasteiger partial charge in [-0.1, -0.05) is 61.7 Å². The molecule has 5 nitrogen and oxygen atoms in total. The van der Waals surface area contributed by atoms with Gasteiger partial charge in [0.25, 0.3) is 5.56 Å². The first-order valence-corrected chi connectivity index (χ1v) is 9.78. The van der Waals surface area contributed by atoms with Gasteiger partial charge in [0.05, 0.1) is 10.9 Å². The second-order valence-electron chi connectivity index (χ2n) is 6.88. The summed E-state index contributed by atoms with van der Waals surface area (Å²) in [7, 11) is 0. The minimum Gasteiger partial charge on any atom is -0.359 e. The van der Waals surface area contributed by atoms with E-state index in [1.807, 2.05) is 48.5 Å². The van der Waals surface area contributed by atoms with Crippen molar-refractivity contribution in [2.75, 3.05) is 5.43 Å². The van der Waals surface area contributed by atoms with Crippen molar-refractivity contribution in [3.8, 4) is 11.4 Å². The number of fused-ring (bicyclic) bond motifs is 1. The van der Waals surface area contributed by atoms with E-state index in [2.05, 4.69) is 10.7 Å². The van der Waals surface area contributed by atoms with Crippen LogP contribution in [0.4, 0.5) is 0 Å². The van der Waals surface area contributed by atoms with Gasteiger partial charge >= 0.3 is 0 Å². The quantitative estimate of drug-likeness (QED) is 0.679. The highest BCUT2D eigenvalue weighted by Crippen LogP contribution is 2.19. The molecule has 0 aliphatic heterocycles. The average Bonchev–Trinajstić information content (AvgIpc) is 2.71. The van der Waals surface area contributed by atoms with Crippen LogP contribution in [0.25, 0.3) is 22.3 Å². The Bertz CT molecular complexity index is 1010. The maximum Gasteiger partial charge on any atom is 0.280 e. The van der Waals surface area contributed by atoms with Crippen molar-refractivity contribution in [2.24, 2.45) is 0 Å². The molecule has 0 atom stereocenters. The van der Waals surface area contributed by atoms with E-state index in [1.165, 1.54) is 23.9 Å². The van der Waals surface area contributed by atoms with Crippen LogP contribution in [0.3, 0.4) is 0 Å². The van der Waals surface area contributed by atoms with Crippen molar-refractivity contribution in [3.05, 3.63) is 65.0 Å². The standard InChI is InChI=1S/C21H22N4OS/c26-20-17-13-7-8-14-18(17)23-19(15-9-3-1-4-10-15)25(20)24-21(27)22-16-11-5-2-6-12-16/h1,3-4,7-10,13-14,16H,2,5-6,11-12H2,(H2,22,24,27). The molecule has 2 aromatic carbocycles. The highest BCUT2D eigenvalue weighted by molar-refractivity contribution is 7.80. The molecule has 0 bridgehead atoms. The monoisotopic (exact) mass is 378 g/mol. The van der Waals surface area contributed by atoms with Gasteiger partial charge in [-0.05, 0) is 37.2 Å². The number of hydrogen-bond donors (Lipinski definition) is 2. The fraction of sp³-hybridized carbons (Fsp3) is 0.286. The lowest BCUT2D eigenvalue weighted by Gasteiger charge is -2.25. The molecule has 0 spiro atoms. The van der Waals surface area contributed by atoms with Gasteiger partial charge in [0.1, 0.15) is 0 Å². The highest BCUT2D eigenvalue weighted by Gasteiger charge is 2.17. The van der Waals surface area contributed by atoms with Crippen molar-refractivity contribution in [1.82, 2.24) is 15.0 Å². The van der Waals surface area contributed by atoms with Gasteiger partial charge in [0.2, 0.25) is 0 Å². The summed E-state index contributed by atoms with van der Waals surface area (Å²) in [6, 6.07) is 17.4. The fourth-order valence-corrected chi connectivity index (χ4v) is 3.84. The predicted octanol–water partition coefficient (Wildman–Crippen LogP) is 3.81. The number of nitrogens with one attached hydrogen (secondary N) is 2. The van der Waals surface area contributed by atoms with Crippen LogP contribution < -0.4 is 16.3 Å². The first kappa shape index (κ1) is 17.7. The van der Waals surface area contributed by atoms with E-state index in [-0.39, 0.29) is 5.56 Å². The molecule has 1 fully saturated rings. The number of thiocarbonyl (C=S) groups is 1. The van der Waals surface area contributed by atoms with Gasteiger partial charge in [-0.2, -0.15) is 4.68 Å². The van der Waals surface area contributed by atoms with Gasteiger partial charge in [-0.3, -0.25) is 10.2 Å². The zero-order valence-corrected chi connectivity index (χ0v) is 15.8. The van der Waals surface area contributed by atoms with Crippen LogP contribution >= 0.6 is 12.2 Å². The summed E-state index contributed by atoms with van der Waals surface area (Å²) in [6.07, 6.45) is 5.93. The third-order valence-corrected chi connectivity index (χ3v) is 5.17. The van der Waals surface area contributed by atoms with E-state index in [9.17, 15) is 4.79 Å². The molecule has 1 heterocycles. The summed E-state index contributed by atoms with van der Waals surface area (Å²) in [4.78, 5) is 17.8. The summed E-state index contributed by atoms with van der Waals surface area (Å²) < 4.78 is 1.45. The van der Waals surface area contributed by atoms with E-state index in [4.69, 9.17) is 17.2 Å². The fourth-order valence-electron chi connectivity index (χ4n) is 3.58. The van der Waals surface area contributed by atoms with Gasteiger partial charge in [-0.15, -0.1) is 0 Å². The van der Waals surface area contributed by atoms with Gasteiger partial charge in [0.15, 0.2) is 10.9 Å². The first-order valence-electron chi connectivity index (χ1n) is 9.37. The number of hydrogen-bond acceptors (Lipinski definition) is 3. The number of rotatable bonds is 3. The molecular weight excluding hydrogens is 356 g/mol. The second-order valence-corrected chi connectivity index (χ2v) is 7.29. The Morgan fingerprint density at radius 2 is 1.70 bits per heavy atom. The molecule has 1 aliphatic rings. The summed E-state index contributed by atoms with van der Waals surface area (Å²) in [5, 5.41) is 4.37. The van der Waals surface area contributed by atoms with Crippen LogP contribution in [0.1, 0.15) is 32.1 Å². The first-order chi connectivity index (χ1) is 13.2. The average molecular weight is 379 g/mol. The number of nitrogens with zero attached hydrogens (tertiary/aromatic N) is 2. The minimum absolute atomic E-state index is 0.160. The van der Waals surface area contributed by atoms with Crippen LogP contribution in [0, 0.1) is 0 Å². The molecule has 6 heteroatoms. The topological polar surface area (TPSA) is 59.0 Å².